The summed E-state index contributed by atoms with van der Waals surface area (Å²) in [7, 11) is -0.141. The summed E-state index contributed by atoms with van der Waals surface area (Å²) in [4.78, 5) is 0. The molecule has 1 radical (unpaired) electrons. The predicted molar refractivity (Wildman–Crippen MR) is 73.8 cm³/mol. The first kappa shape index (κ1) is 11.7. The fraction of sp³-hybridized carbons (Fsp3) is 0.571. The van der Waals surface area contributed by atoms with Gasteiger partial charge >= 0.3 is 0 Å². The molecule has 2 heteroatoms. The molecule has 0 aromatic heterocycles. The highest BCUT2D eigenvalue weighted by atomic mass is 28.3. The first-order valence-corrected chi connectivity index (χ1v) is 8.41. The van der Waals surface area contributed by atoms with Gasteiger partial charge in [0, 0.05) is 12.2 Å². The van der Waals surface area contributed by atoms with E-state index >= 15 is 0 Å². The van der Waals surface area contributed by atoms with Gasteiger partial charge in [0.25, 0.3) is 0 Å². The van der Waals surface area contributed by atoms with E-state index < -0.39 is 0 Å². The van der Waals surface area contributed by atoms with Crippen LogP contribution in [0, 0.1) is 6.92 Å². The Kier molecular flexibility index (Phi) is 3.69. The molecule has 2 rings (SSSR count). The van der Waals surface area contributed by atoms with Crippen LogP contribution in [-0.4, -0.2) is 15.3 Å². The van der Waals surface area contributed by atoms with Gasteiger partial charge in [0.2, 0.25) is 0 Å². The van der Waals surface area contributed by atoms with Gasteiger partial charge in [-0.25, -0.2) is 0 Å². The molecule has 1 aliphatic rings. The van der Waals surface area contributed by atoms with Gasteiger partial charge in [-0.2, -0.15) is 0 Å². The molecule has 1 atom stereocenters. The van der Waals surface area contributed by atoms with Gasteiger partial charge in [0.15, 0.2) is 0 Å². The van der Waals surface area contributed by atoms with Gasteiger partial charge in [0.1, 0.15) is 0 Å². The molecule has 16 heavy (non-hydrogen) atoms. The minimum atomic E-state index is -0.141. The number of anilines is 1. The number of hydrogen-bond donors (Lipinski definition) is 1. The van der Waals surface area contributed by atoms with E-state index in [1.54, 1.807) is 5.56 Å². The minimum absolute atomic E-state index is 0.141. The van der Waals surface area contributed by atoms with E-state index in [9.17, 15) is 0 Å². The summed E-state index contributed by atoms with van der Waals surface area (Å²) >= 11 is 0. The number of aryl methyl sites for hydroxylation is 1. The molecule has 1 N–H and O–H groups in total. The second kappa shape index (κ2) is 5.04. The Morgan fingerprint density at radius 1 is 1.31 bits per heavy atom. The van der Waals surface area contributed by atoms with E-state index in [2.05, 4.69) is 44.3 Å². The third-order valence-corrected chi connectivity index (χ3v) is 7.13. The molecular formula is C14H22NSi. The standard InChI is InChI=1S/C14H22NSi/c1-4-16(5-2)13-9-12-8-11(3)6-7-14(12)15-10-13/h6-8,13,15H,4-5,9-10H2,1-3H3. The zero-order chi connectivity index (χ0) is 11.5. The Balaban J connectivity index is 2.16. The highest BCUT2D eigenvalue weighted by Gasteiger charge is 2.24. The topological polar surface area (TPSA) is 12.0 Å². The molecule has 1 aromatic rings. The number of rotatable bonds is 3. The van der Waals surface area contributed by atoms with Crippen molar-refractivity contribution >= 4 is 14.5 Å². The van der Waals surface area contributed by atoms with Crippen molar-refractivity contribution in [1.82, 2.24) is 0 Å². The maximum absolute atomic E-state index is 3.61. The van der Waals surface area contributed by atoms with Crippen LogP contribution < -0.4 is 5.32 Å². The first-order chi connectivity index (χ1) is 7.74. The Morgan fingerprint density at radius 2 is 2.06 bits per heavy atom. The molecule has 0 spiro atoms. The molecule has 1 unspecified atom stereocenters. The molecule has 0 bridgehead atoms. The smallest absolute Gasteiger partial charge is 0.0530 e. The molecule has 0 aliphatic carbocycles. The van der Waals surface area contributed by atoms with Crippen LogP contribution in [0.5, 0.6) is 0 Å². The Labute approximate surface area is 101 Å². The molecule has 0 fully saturated rings. The highest BCUT2D eigenvalue weighted by molar-refractivity contribution is 6.60. The average Bonchev–Trinajstić information content (AvgIpc) is 2.30. The third-order valence-electron chi connectivity index (χ3n) is 3.75. The monoisotopic (exact) mass is 232 g/mol. The summed E-state index contributed by atoms with van der Waals surface area (Å²) in [6.07, 6.45) is 1.31. The largest absolute Gasteiger partial charge is 0.385 e. The Hall–Kier alpha value is -0.763. The van der Waals surface area contributed by atoms with Crippen LogP contribution >= 0.6 is 0 Å². The summed E-state index contributed by atoms with van der Waals surface area (Å²) in [5.74, 6) is 0. The lowest BCUT2D eigenvalue weighted by Gasteiger charge is -2.30. The summed E-state index contributed by atoms with van der Waals surface area (Å²) in [6, 6.07) is 9.63. The summed E-state index contributed by atoms with van der Waals surface area (Å²) < 4.78 is 0. The molecule has 1 nitrogen and oxygen atoms in total. The van der Waals surface area contributed by atoms with Gasteiger partial charge in [0.05, 0.1) is 8.80 Å². The average molecular weight is 232 g/mol. The van der Waals surface area contributed by atoms with Crippen molar-refractivity contribution in [2.45, 2.75) is 44.8 Å². The van der Waals surface area contributed by atoms with E-state index in [4.69, 9.17) is 0 Å². The minimum Gasteiger partial charge on any atom is -0.385 e. The van der Waals surface area contributed by atoms with Crippen LogP contribution in [0.2, 0.25) is 17.6 Å². The Bertz CT molecular complexity index is 358. The van der Waals surface area contributed by atoms with Gasteiger partial charge in [-0.05, 0) is 30.5 Å². The lowest BCUT2D eigenvalue weighted by atomic mass is 10.0. The van der Waals surface area contributed by atoms with Gasteiger partial charge in [-0.1, -0.05) is 43.6 Å². The lowest BCUT2D eigenvalue weighted by molar-refractivity contribution is 0.795. The molecule has 0 saturated heterocycles. The molecule has 0 amide bonds. The van der Waals surface area contributed by atoms with Gasteiger partial charge in [-0.15, -0.1) is 0 Å². The van der Waals surface area contributed by atoms with Gasteiger partial charge < -0.3 is 5.32 Å². The van der Waals surface area contributed by atoms with Crippen molar-refractivity contribution in [3.63, 3.8) is 0 Å². The van der Waals surface area contributed by atoms with E-state index in [-0.39, 0.29) is 8.80 Å². The zero-order valence-corrected chi connectivity index (χ0v) is 11.6. The quantitative estimate of drug-likeness (QED) is 0.780. The van der Waals surface area contributed by atoms with E-state index in [0.29, 0.717) is 0 Å². The predicted octanol–water partition coefficient (Wildman–Crippen LogP) is 3.87. The second-order valence-electron chi connectivity index (χ2n) is 4.81. The lowest BCUT2D eigenvalue weighted by Crippen LogP contribution is -2.30. The maximum atomic E-state index is 3.61. The summed E-state index contributed by atoms with van der Waals surface area (Å²) in [6.45, 7) is 8.12. The van der Waals surface area contributed by atoms with Crippen molar-refractivity contribution in [3.05, 3.63) is 29.3 Å². The molecule has 1 aromatic carbocycles. The van der Waals surface area contributed by atoms with Crippen LogP contribution in [0.1, 0.15) is 25.0 Å². The number of nitrogens with one attached hydrogen (secondary N) is 1. The zero-order valence-electron chi connectivity index (χ0n) is 10.6. The Morgan fingerprint density at radius 3 is 2.75 bits per heavy atom. The normalized spacial score (nSPS) is 19.4. The number of hydrogen-bond acceptors (Lipinski definition) is 1. The number of benzene rings is 1. The molecule has 87 valence electrons. The van der Waals surface area contributed by atoms with Crippen LogP contribution in [0.3, 0.4) is 0 Å². The van der Waals surface area contributed by atoms with Crippen molar-refractivity contribution in [2.75, 3.05) is 11.9 Å². The van der Waals surface area contributed by atoms with Crippen molar-refractivity contribution < 1.29 is 0 Å². The van der Waals surface area contributed by atoms with Crippen molar-refractivity contribution in [3.8, 4) is 0 Å². The van der Waals surface area contributed by atoms with Crippen LogP contribution in [0.25, 0.3) is 0 Å². The van der Waals surface area contributed by atoms with E-state index in [1.165, 1.54) is 36.3 Å². The fourth-order valence-corrected chi connectivity index (χ4v) is 5.30. The first-order valence-electron chi connectivity index (χ1n) is 6.42. The molecule has 0 saturated carbocycles. The van der Waals surface area contributed by atoms with E-state index in [0.717, 1.165) is 5.54 Å². The van der Waals surface area contributed by atoms with Crippen LogP contribution in [-0.2, 0) is 6.42 Å². The fourth-order valence-electron chi connectivity index (χ4n) is 2.75. The molecule has 1 heterocycles. The van der Waals surface area contributed by atoms with Crippen molar-refractivity contribution in [2.24, 2.45) is 0 Å². The SMILES string of the molecule is CC[Si](CC)C1CNc2ccc(C)cc2C1. The summed E-state index contributed by atoms with van der Waals surface area (Å²) in [5, 5.41) is 3.61. The maximum Gasteiger partial charge on any atom is 0.0530 e. The summed E-state index contributed by atoms with van der Waals surface area (Å²) in [5.41, 5.74) is 5.23. The number of fused-ring (bicyclic) bond motifs is 1. The second-order valence-corrected chi connectivity index (χ2v) is 8.36. The van der Waals surface area contributed by atoms with Gasteiger partial charge in [-0.3, -0.25) is 0 Å². The van der Waals surface area contributed by atoms with Crippen molar-refractivity contribution in [1.29, 1.82) is 0 Å². The van der Waals surface area contributed by atoms with E-state index in [1.807, 2.05) is 0 Å². The third kappa shape index (κ3) is 2.32. The molecular weight excluding hydrogens is 210 g/mol. The molecule has 1 aliphatic heterocycles. The van der Waals surface area contributed by atoms with Crippen LogP contribution in [0.15, 0.2) is 18.2 Å². The van der Waals surface area contributed by atoms with Crippen LogP contribution in [0.4, 0.5) is 5.69 Å². The highest BCUT2D eigenvalue weighted by Crippen LogP contribution is 2.31.